The number of rotatable bonds is 8. The van der Waals surface area contributed by atoms with Gasteiger partial charge in [-0.25, -0.2) is 4.57 Å². The molecule has 0 fully saturated rings. The Morgan fingerprint density at radius 3 is 1.74 bits per heavy atom. The van der Waals surface area contributed by atoms with E-state index in [-0.39, 0.29) is 5.78 Å². The summed E-state index contributed by atoms with van der Waals surface area (Å²) in [6, 6.07) is 23.3. The van der Waals surface area contributed by atoms with Crippen LogP contribution in [0.15, 0.2) is 84.9 Å². The topological polar surface area (TPSA) is 61.8 Å². The number of hydrogen-bond donors (Lipinski definition) is 0. The van der Waals surface area contributed by atoms with Crippen LogP contribution in [0.4, 0.5) is 0 Å². The first-order valence-corrected chi connectivity index (χ1v) is 9.91. The van der Waals surface area contributed by atoms with Crippen LogP contribution in [-0.4, -0.2) is 12.4 Å². The van der Waals surface area contributed by atoms with Crippen LogP contribution in [-0.2, 0) is 9.09 Å². The summed E-state index contributed by atoms with van der Waals surface area (Å²) >= 11 is 5.82. The minimum atomic E-state index is -4.09. The van der Waals surface area contributed by atoms with E-state index in [1.165, 1.54) is 0 Å². The van der Waals surface area contributed by atoms with Gasteiger partial charge in [-0.15, -0.1) is 0 Å². The third-order valence-electron chi connectivity index (χ3n) is 3.44. The van der Waals surface area contributed by atoms with Crippen molar-refractivity contribution in [3.8, 4) is 11.5 Å². The van der Waals surface area contributed by atoms with Gasteiger partial charge in [-0.3, -0.25) is 9.32 Å². The van der Waals surface area contributed by atoms with E-state index in [1.54, 1.807) is 84.9 Å². The molecule has 0 radical (unpaired) electrons. The van der Waals surface area contributed by atoms with E-state index in [4.69, 9.17) is 25.2 Å². The number of halogens is 1. The minimum absolute atomic E-state index is 0.302. The zero-order valence-corrected chi connectivity index (χ0v) is 15.8. The van der Waals surface area contributed by atoms with Crippen molar-refractivity contribution in [1.82, 2.24) is 0 Å². The average Bonchev–Trinajstić information content (AvgIpc) is 2.68. The lowest BCUT2D eigenvalue weighted by atomic mass is 10.1. The summed E-state index contributed by atoms with van der Waals surface area (Å²) in [7, 11) is -4.09. The quantitative estimate of drug-likeness (QED) is 0.351. The zero-order chi connectivity index (χ0) is 19.1. The molecule has 0 aliphatic carbocycles. The summed E-state index contributed by atoms with van der Waals surface area (Å²) in [6.07, 6.45) is 0. The van der Waals surface area contributed by atoms with Crippen molar-refractivity contribution < 1.29 is 22.9 Å². The Balaban J connectivity index is 1.75. The largest absolute Gasteiger partial charge is 0.588 e. The molecule has 3 rings (SSSR count). The molecule has 7 heteroatoms. The SMILES string of the molecule is O=C(COP(=O)(Oc1ccccc1)Oc1ccccc1)c1ccc(Cl)cc1. The summed E-state index contributed by atoms with van der Waals surface area (Å²) in [6.45, 7) is -0.474. The molecule has 0 amide bonds. The molecule has 0 atom stereocenters. The third-order valence-corrected chi connectivity index (χ3v) is 5.01. The molecule has 3 aromatic rings. The monoisotopic (exact) mass is 402 g/mol. The van der Waals surface area contributed by atoms with Gasteiger partial charge in [0.05, 0.1) is 0 Å². The number of carbonyl (C=O) groups excluding carboxylic acids is 1. The number of Topliss-reactive ketones (excluding diaryl/α,β-unsaturated/α-hetero) is 1. The number of ketones is 1. The van der Waals surface area contributed by atoms with E-state index < -0.39 is 14.4 Å². The molecule has 0 aliphatic heterocycles. The maximum atomic E-state index is 13.1. The van der Waals surface area contributed by atoms with Crippen LogP contribution < -0.4 is 9.05 Å². The summed E-state index contributed by atoms with van der Waals surface area (Å²) < 4.78 is 29.3. The number of para-hydroxylation sites is 2. The second kappa shape index (κ2) is 8.87. The van der Waals surface area contributed by atoms with E-state index >= 15 is 0 Å². The van der Waals surface area contributed by atoms with Gasteiger partial charge in [-0.1, -0.05) is 48.0 Å². The van der Waals surface area contributed by atoms with Gasteiger partial charge in [0, 0.05) is 10.6 Å². The molecule has 0 aliphatic rings. The fraction of sp³-hybridized carbons (Fsp3) is 0.0500. The van der Waals surface area contributed by atoms with Gasteiger partial charge in [-0.05, 0) is 48.5 Å². The smallest absolute Gasteiger partial charge is 0.395 e. The molecule has 0 bridgehead atoms. The molecule has 0 unspecified atom stereocenters. The third kappa shape index (κ3) is 5.69. The Morgan fingerprint density at radius 2 is 1.26 bits per heavy atom. The Morgan fingerprint density at radius 1 is 0.778 bits per heavy atom. The Labute approximate surface area is 162 Å². The Kier molecular flexibility index (Phi) is 6.30. The number of phosphoric ester groups is 1. The van der Waals surface area contributed by atoms with Gasteiger partial charge < -0.3 is 9.05 Å². The number of benzene rings is 3. The highest BCUT2D eigenvalue weighted by Crippen LogP contribution is 2.49. The molecule has 0 spiro atoms. The van der Waals surface area contributed by atoms with E-state index in [0.717, 1.165) is 0 Å². The van der Waals surface area contributed by atoms with Gasteiger partial charge >= 0.3 is 7.82 Å². The van der Waals surface area contributed by atoms with Crippen LogP contribution in [0.5, 0.6) is 11.5 Å². The molecule has 138 valence electrons. The van der Waals surface area contributed by atoms with Crippen LogP contribution in [0.3, 0.4) is 0 Å². The Hall–Kier alpha value is -2.59. The normalized spacial score (nSPS) is 11.0. The summed E-state index contributed by atoms with van der Waals surface area (Å²) in [5, 5.41) is 0.512. The first kappa shape index (κ1) is 19.2. The second-order valence-corrected chi connectivity index (χ2v) is 7.41. The van der Waals surface area contributed by atoms with Gasteiger partial charge in [0.15, 0.2) is 5.78 Å². The number of hydrogen-bond acceptors (Lipinski definition) is 5. The van der Waals surface area contributed by atoms with E-state index in [2.05, 4.69) is 0 Å². The predicted molar refractivity (Wildman–Crippen MR) is 103 cm³/mol. The van der Waals surface area contributed by atoms with Crippen molar-refractivity contribution in [1.29, 1.82) is 0 Å². The van der Waals surface area contributed by atoms with Crippen LogP contribution in [0.25, 0.3) is 0 Å². The maximum absolute atomic E-state index is 13.1. The number of carbonyl (C=O) groups is 1. The first-order chi connectivity index (χ1) is 13.0. The van der Waals surface area contributed by atoms with E-state index in [0.29, 0.717) is 22.1 Å². The average molecular weight is 403 g/mol. The van der Waals surface area contributed by atoms with Gasteiger partial charge in [0.25, 0.3) is 0 Å². The standard InChI is InChI=1S/C20H16ClO5P/c21-17-13-11-16(12-14-17)20(22)15-24-27(23,25-18-7-3-1-4-8-18)26-19-9-5-2-6-10-19/h1-14H,15H2. The van der Waals surface area contributed by atoms with Crippen molar-refractivity contribution >= 4 is 25.2 Å². The fourth-order valence-electron chi connectivity index (χ4n) is 2.15. The van der Waals surface area contributed by atoms with Gasteiger partial charge in [0.1, 0.15) is 18.1 Å². The molecular formula is C20H16ClO5P. The van der Waals surface area contributed by atoms with E-state index in [1.807, 2.05) is 0 Å². The summed E-state index contributed by atoms with van der Waals surface area (Å²) in [5.41, 5.74) is 0.380. The van der Waals surface area contributed by atoms with Crippen molar-refractivity contribution in [3.63, 3.8) is 0 Å². The first-order valence-electron chi connectivity index (χ1n) is 8.07. The lowest BCUT2D eigenvalue weighted by molar-refractivity contribution is 0.0892. The molecule has 0 saturated carbocycles. The van der Waals surface area contributed by atoms with Crippen molar-refractivity contribution in [3.05, 3.63) is 95.5 Å². The van der Waals surface area contributed by atoms with Crippen molar-refractivity contribution in [2.75, 3.05) is 6.61 Å². The van der Waals surface area contributed by atoms with Crippen LogP contribution in [0.1, 0.15) is 10.4 Å². The second-order valence-electron chi connectivity index (χ2n) is 5.46. The molecule has 0 heterocycles. The molecule has 27 heavy (non-hydrogen) atoms. The lowest BCUT2D eigenvalue weighted by Crippen LogP contribution is -2.12. The molecule has 3 aromatic carbocycles. The molecule has 0 N–H and O–H groups in total. The zero-order valence-electron chi connectivity index (χ0n) is 14.2. The highest BCUT2D eigenvalue weighted by molar-refractivity contribution is 7.49. The van der Waals surface area contributed by atoms with Crippen LogP contribution >= 0.6 is 19.4 Å². The predicted octanol–water partition coefficient (Wildman–Crippen LogP) is 5.81. The fourth-order valence-corrected chi connectivity index (χ4v) is 3.45. The molecular weight excluding hydrogens is 387 g/mol. The van der Waals surface area contributed by atoms with Gasteiger partial charge in [0.2, 0.25) is 0 Å². The molecule has 5 nitrogen and oxygen atoms in total. The molecule has 0 aromatic heterocycles. The summed E-state index contributed by atoms with van der Waals surface area (Å²) in [5.74, 6) is 0.228. The van der Waals surface area contributed by atoms with Crippen molar-refractivity contribution in [2.45, 2.75) is 0 Å². The van der Waals surface area contributed by atoms with Crippen LogP contribution in [0.2, 0.25) is 5.02 Å². The highest BCUT2D eigenvalue weighted by Gasteiger charge is 2.32. The Bertz CT molecular complexity index is 884. The number of phosphoric acid groups is 1. The summed E-state index contributed by atoms with van der Waals surface area (Å²) in [4.78, 5) is 12.3. The van der Waals surface area contributed by atoms with E-state index in [9.17, 15) is 9.36 Å². The highest BCUT2D eigenvalue weighted by atomic mass is 35.5. The minimum Gasteiger partial charge on any atom is -0.395 e. The molecule has 0 saturated heterocycles. The van der Waals surface area contributed by atoms with Gasteiger partial charge in [-0.2, -0.15) is 0 Å². The van der Waals surface area contributed by atoms with Crippen molar-refractivity contribution in [2.24, 2.45) is 0 Å². The van der Waals surface area contributed by atoms with Crippen LogP contribution in [0, 0.1) is 0 Å². The lowest BCUT2D eigenvalue weighted by Gasteiger charge is -2.18. The maximum Gasteiger partial charge on any atom is 0.588 e.